The van der Waals surface area contributed by atoms with Gasteiger partial charge in [0.25, 0.3) is 0 Å². The summed E-state index contributed by atoms with van der Waals surface area (Å²) in [6.07, 6.45) is 4.01. The van der Waals surface area contributed by atoms with Gasteiger partial charge in [-0.15, -0.1) is 0 Å². The zero-order chi connectivity index (χ0) is 14.5. The Bertz CT molecular complexity index is 543. The van der Waals surface area contributed by atoms with Crippen molar-refractivity contribution < 1.29 is 0 Å². The molecule has 3 rings (SSSR count). The van der Waals surface area contributed by atoms with E-state index in [4.69, 9.17) is 0 Å². The van der Waals surface area contributed by atoms with Crippen LogP contribution in [0.5, 0.6) is 0 Å². The van der Waals surface area contributed by atoms with Gasteiger partial charge >= 0.3 is 0 Å². The van der Waals surface area contributed by atoms with Crippen molar-refractivity contribution >= 4 is 0 Å². The van der Waals surface area contributed by atoms with Crippen molar-refractivity contribution in [2.24, 2.45) is 7.05 Å². The Balaban J connectivity index is 1.42. The summed E-state index contributed by atoms with van der Waals surface area (Å²) in [5.74, 6) is 1.00. The Kier molecular flexibility index (Phi) is 4.62. The van der Waals surface area contributed by atoms with Gasteiger partial charge in [0.15, 0.2) is 0 Å². The lowest BCUT2D eigenvalue weighted by Gasteiger charge is -2.32. The van der Waals surface area contributed by atoms with Crippen LogP contribution in [0.4, 0.5) is 0 Å². The topological polar surface area (TPSA) is 46.0 Å². The van der Waals surface area contributed by atoms with Crippen LogP contribution in [0.3, 0.4) is 0 Å². The second-order valence-electron chi connectivity index (χ2n) is 5.72. The number of hydrogen-bond donors (Lipinski definition) is 1. The highest BCUT2D eigenvalue weighted by Crippen LogP contribution is 2.14. The molecule has 1 N–H and O–H groups in total. The second-order valence-corrected chi connectivity index (χ2v) is 5.72. The minimum atomic E-state index is 0.591. The molecule has 2 aromatic rings. The number of aromatic nitrogens is 3. The molecule has 5 nitrogen and oxygen atoms in total. The number of rotatable bonds is 5. The minimum Gasteiger partial charge on any atom is -0.307 e. The van der Waals surface area contributed by atoms with Gasteiger partial charge < -0.3 is 5.32 Å². The van der Waals surface area contributed by atoms with E-state index in [-0.39, 0.29) is 0 Å². The van der Waals surface area contributed by atoms with Gasteiger partial charge in [-0.3, -0.25) is 9.58 Å². The van der Waals surface area contributed by atoms with Gasteiger partial charge in [-0.2, -0.15) is 5.10 Å². The average Bonchev–Trinajstić information content (AvgIpc) is 2.93. The van der Waals surface area contributed by atoms with Gasteiger partial charge in [0.1, 0.15) is 12.2 Å². The molecule has 0 amide bonds. The second kappa shape index (κ2) is 6.83. The fourth-order valence-corrected chi connectivity index (χ4v) is 2.85. The first-order chi connectivity index (χ1) is 10.3. The van der Waals surface area contributed by atoms with Gasteiger partial charge in [0.05, 0.1) is 6.54 Å². The average molecular weight is 285 g/mol. The molecule has 1 aromatic carbocycles. The number of nitrogens with one attached hydrogen (secondary N) is 1. The molecule has 1 aliphatic rings. The maximum Gasteiger partial charge on any atom is 0.140 e. The Morgan fingerprint density at radius 3 is 2.62 bits per heavy atom. The predicted molar refractivity (Wildman–Crippen MR) is 82.6 cm³/mol. The Hall–Kier alpha value is -1.72. The van der Waals surface area contributed by atoms with Gasteiger partial charge in [-0.25, -0.2) is 4.98 Å². The third-order valence-corrected chi connectivity index (χ3v) is 4.19. The largest absolute Gasteiger partial charge is 0.307 e. The highest BCUT2D eigenvalue weighted by Gasteiger charge is 2.19. The molecule has 21 heavy (non-hydrogen) atoms. The van der Waals surface area contributed by atoms with Gasteiger partial charge in [0.2, 0.25) is 0 Å². The lowest BCUT2D eigenvalue weighted by Crippen LogP contribution is -2.42. The van der Waals surface area contributed by atoms with E-state index < -0.39 is 0 Å². The summed E-state index contributed by atoms with van der Waals surface area (Å²) in [5, 5.41) is 7.70. The van der Waals surface area contributed by atoms with Crippen LogP contribution in [-0.4, -0.2) is 38.8 Å². The molecule has 1 fully saturated rings. The van der Waals surface area contributed by atoms with Crippen LogP contribution in [0.2, 0.25) is 0 Å². The normalized spacial score (nSPS) is 17.2. The molecule has 1 saturated heterocycles. The van der Waals surface area contributed by atoms with E-state index in [1.165, 1.54) is 18.4 Å². The Morgan fingerprint density at radius 2 is 1.95 bits per heavy atom. The van der Waals surface area contributed by atoms with Crippen molar-refractivity contribution in [3.8, 4) is 0 Å². The zero-order valence-corrected chi connectivity index (χ0v) is 12.6. The molecule has 0 aliphatic carbocycles. The molecule has 0 unspecified atom stereocenters. The standard InChI is InChI=1S/C16H23N5/c1-20-16(18-13-19-20)11-17-15-7-9-21(10-8-15)12-14-5-3-2-4-6-14/h2-6,13,15,17H,7-12H2,1H3. The Morgan fingerprint density at radius 1 is 1.19 bits per heavy atom. The lowest BCUT2D eigenvalue weighted by molar-refractivity contribution is 0.189. The molecule has 0 atom stereocenters. The lowest BCUT2D eigenvalue weighted by atomic mass is 10.0. The molecule has 5 heteroatoms. The fourth-order valence-electron chi connectivity index (χ4n) is 2.85. The number of hydrogen-bond acceptors (Lipinski definition) is 4. The maximum atomic E-state index is 4.25. The maximum absolute atomic E-state index is 4.25. The smallest absolute Gasteiger partial charge is 0.140 e. The first kappa shape index (κ1) is 14.2. The number of piperidine rings is 1. The van der Waals surface area contributed by atoms with Gasteiger partial charge in [-0.1, -0.05) is 30.3 Å². The molecular formula is C16H23N5. The highest BCUT2D eigenvalue weighted by atomic mass is 15.3. The van der Waals surface area contributed by atoms with E-state index in [2.05, 4.69) is 50.6 Å². The molecular weight excluding hydrogens is 262 g/mol. The van der Waals surface area contributed by atoms with Crippen molar-refractivity contribution in [3.05, 3.63) is 48.0 Å². The summed E-state index contributed by atoms with van der Waals surface area (Å²) in [5.41, 5.74) is 1.41. The SMILES string of the molecule is Cn1ncnc1CNC1CCN(Cc2ccccc2)CC1. The molecule has 1 aliphatic heterocycles. The molecule has 2 heterocycles. The zero-order valence-electron chi connectivity index (χ0n) is 12.6. The van der Waals surface area contributed by atoms with E-state index in [0.717, 1.165) is 32.0 Å². The van der Waals surface area contributed by atoms with E-state index >= 15 is 0 Å². The van der Waals surface area contributed by atoms with Crippen LogP contribution in [0.25, 0.3) is 0 Å². The summed E-state index contributed by atoms with van der Waals surface area (Å²) in [6, 6.07) is 11.3. The van der Waals surface area contributed by atoms with Crippen molar-refractivity contribution in [1.29, 1.82) is 0 Å². The minimum absolute atomic E-state index is 0.591. The van der Waals surface area contributed by atoms with E-state index in [0.29, 0.717) is 6.04 Å². The third kappa shape index (κ3) is 3.89. The van der Waals surface area contributed by atoms with Crippen LogP contribution < -0.4 is 5.32 Å². The van der Waals surface area contributed by atoms with Crippen LogP contribution >= 0.6 is 0 Å². The molecule has 1 aromatic heterocycles. The highest BCUT2D eigenvalue weighted by molar-refractivity contribution is 5.14. The molecule has 0 bridgehead atoms. The van der Waals surface area contributed by atoms with Crippen molar-refractivity contribution in [1.82, 2.24) is 25.0 Å². The fraction of sp³-hybridized carbons (Fsp3) is 0.500. The van der Waals surface area contributed by atoms with Crippen LogP contribution in [0, 0.1) is 0 Å². The first-order valence-corrected chi connectivity index (χ1v) is 7.64. The van der Waals surface area contributed by atoms with Crippen molar-refractivity contribution in [2.75, 3.05) is 13.1 Å². The molecule has 0 saturated carbocycles. The third-order valence-electron chi connectivity index (χ3n) is 4.19. The van der Waals surface area contributed by atoms with Crippen molar-refractivity contribution in [2.45, 2.75) is 32.0 Å². The Labute approximate surface area is 126 Å². The predicted octanol–water partition coefficient (Wildman–Crippen LogP) is 1.57. The van der Waals surface area contributed by atoms with Crippen LogP contribution in [0.1, 0.15) is 24.2 Å². The van der Waals surface area contributed by atoms with E-state index in [1.54, 1.807) is 6.33 Å². The number of benzene rings is 1. The number of nitrogens with zero attached hydrogens (tertiary/aromatic N) is 4. The van der Waals surface area contributed by atoms with Gasteiger partial charge in [-0.05, 0) is 31.5 Å². The summed E-state index contributed by atoms with van der Waals surface area (Å²) >= 11 is 0. The summed E-state index contributed by atoms with van der Waals surface area (Å²) in [4.78, 5) is 6.79. The summed E-state index contributed by atoms with van der Waals surface area (Å²) in [7, 11) is 1.94. The first-order valence-electron chi connectivity index (χ1n) is 7.64. The quantitative estimate of drug-likeness (QED) is 0.906. The summed E-state index contributed by atoms with van der Waals surface area (Å²) in [6.45, 7) is 4.19. The van der Waals surface area contributed by atoms with Crippen LogP contribution in [-0.2, 0) is 20.1 Å². The van der Waals surface area contributed by atoms with Crippen LogP contribution in [0.15, 0.2) is 36.7 Å². The molecule has 0 spiro atoms. The van der Waals surface area contributed by atoms with E-state index in [9.17, 15) is 0 Å². The number of likely N-dealkylation sites (tertiary alicyclic amines) is 1. The molecule has 0 radical (unpaired) electrons. The summed E-state index contributed by atoms with van der Waals surface area (Å²) < 4.78 is 1.83. The monoisotopic (exact) mass is 285 g/mol. The molecule has 112 valence electrons. The number of aryl methyl sites for hydroxylation is 1. The van der Waals surface area contributed by atoms with Crippen molar-refractivity contribution in [3.63, 3.8) is 0 Å². The van der Waals surface area contributed by atoms with Gasteiger partial charge in [0, 0.05) is 19.6 Å². The van der Waals surface area contributed by atoms with E-state index in [1.807, 2.05) is 11.7 Å².